The van der Waals surface area contributed by atoms with Crippen molar-refractivity contribution >= 4 is 5.78 Å². The minimum Gasteiger partial charge on any atom is -0.496 e. The molecule has 1 fully saturated rings. The molecule has 0 radical (unpaired) electrons. The van der Waals surface area contributed by atoms with Gasteiger partial charge in [-0.1, -0.05) is 12.1 Å². The maximum atomic E-state index is 12.1. The molecule has 0 aromatic heterocycles. The lowest BCUT2D eigenvalue weighted by atomic mass is 10.1. The number of nitrogens with two attached hydrogens (primary N) is 1. The fourth-order valence-electron chi connectivity index (χ4n) is 2.17. The van der Waals surface area contributed by atoms with Crippen molar-refractivity contribution in [1.82, 2.24) is 4.90 Å². The van der Waals surface area contributed by atoms with Gasteiger partial charge in [0.2, 0.25) is 0 Å². The Bertz CT molecular complexity index is 406. The molecule has 0 spiro atoms. The summed E-state index contributed by atoms with van der Waals surface area (Å²) in [6.45, 7) is 2.14. The molecule has 1 saturated heterocycles. The van der Waals surface area contributed by atoms with Gasteiger partial charge in [0.25, 0.3) is 0 Å². The Labute approximate surface area is 101 Å². The molecular weight excluding hydrogens is 216 g/mol. The zero-order valence-corrected chi connectivity index (χ0v) is 10.1. The van der Waals surface area contributed by atoms with E-state index in [9.17, 15) is 4.79 Å². The summed E-state index contributed by atoms with van der Waals surface area (Å²) in [5, 5.41) is 0. The Morgan fingerprint density at radius 1 is 1.53 bits per heavy atom. The maximum Gasteiger partial charge on any atom is 0.180 e. The topological polar surface area (TPSA) is 55.6 Å². The van der Waals surface area contributed by atoms with Crippen LogP contribution in [0.25, 0.3) is 0 Å². The van der Waals surface area contributed by atoms with Crippen LogP contribution in [0.1, 0.15) is 16.8 Å². The van der Waals surface area contributed by atoms with E-state index in [4.69, 9.17) is 10.5 Å². The molecule has 1 unspecified atom stereocenters. The molecule has 1 aromatic carbocycles. The molecule has 0 amide bonds. The van der Waals surface area contributed by atoms with Gasteiger partial charge < -0.3 is 10.5 Å². The fraction of sp³-hybridized carbons (Fsp3) is 0.462. The number of ether oxygens (including phenoxy) is 1. The number of nitrogens with zero attached hydrogens (tertiary/aromatic N) is 1. The predicted molar refractivity (Wildman–Crippen MR) is 66.4 cm³/mol. The van der Waals surface area contributed by atoms with Crippen molar-refractivity contribution in [3.05, 3.63) is 29.8 Å². The van der Waals surface area contributed by atoms with Crippen molar-refractivity contribution in [2.24, 2.45) is 5.73 Å². The third kappa shape index (κ3) is 2.84. The van der Waals surface area contributed by atoms with Crippen LogP contribution in [0.5, 0.6) is 5.75 Å². The van der Waals surface area contributed by atoms with Gasteiger partial charge in [-0.05, 0) is 18.6 Å². The van der Waals surface area contributed by atoms with Crippen LogP contribution in [0, 0.1) is 0 Å². The smallest absolute Gasteiger partial charge is 0.180 e. The van der Waals surface area contributed by atoms with Crippen LogP contribution in [-0.4, -0.2) is 43.5 Å². The largest absolute Gasteiger partial charge is 0.496 e. The predicted octanol–water partition coefficient (Wildman–Crippen LogP) is 0.911. The lowest BCUT2D eigenvalue weighted by molar-refractivity contribution is 0.0942. The lowest BCUT2D eigenvalue weighted by Gasteiger charge is -2.15. The molecule has 92 valence electrons. The van der Waals surface area contributed by atoms with Gasteiger partial charge in [-0.15, -0.1) is 0 Å². The summed E-state index contributed by atoms with van der Waals surface area (Å²) in [6, 6.07) is 7.54. The number of hydrogen-bond acceptors (Lipinski definition) is 4. The maximum absolute atomic E-state index is 12.1. The quantitative estimate of drug-likeness (QED) is 0.787. The van der Waals surface area contributed by atoms with E-state index in [1.54, 1.807) is 13.2 Å². The molecule has 1 aliphatic heterocycles. The van der Waals surface area contributed by atoms with Crippen molar-refractivity contribution in [1.29, 1.82) is 0 Å². The molecule has 1 aromatic rings. The molecule has 17 heavy (non-hydrogen) atoms. The molecule has 2 N–H and O–H groups in total. The van der Waals surface area contributed by atoms with E-state index in [-0.39, 0.29) is 11.8 Å². The number of hydrogen-bond donors (Lipinski definition) is 1. The second kappa shape index (κ2) is 5.29. The molecule has 1 atom stereocenters. The average molecular weight is 234 g/mol. The number of para-hydroxylation sites is 1. The van der Waals surface area contributed by atoms with E-state index in [2.05, 4.69) is 4.90 Å². The highest BCUT2D eigenvalue weighted by molar-refractivity contribution is 6.00. The Hall–Kier alpha value is -1.39. The Morgan fingerprint density at radius 2 is 2.29 bits per heavy atom. The fourth-order valence-corrected chi connectivity index (χ4v) is 2.17. The first-order valence-electron chi connectivity index (χ1n) is 5.85. The number of likely N-dealkylation sites (tertiary alicyclic amines) is 1. The van der Waals surface area contributed by atoms with Crippen LogP contribution >= 0.6 is 0 Å². The van der Waals surface area contributed by atoms with Crippen molar-refractivity contribution in [3.63, 3.8) is 0 Å². The van der Waals surface area contributed by atoms with Gasteiger partial charge in [0, 0.05) is 19.1 Å². The van der Waals surface area contributed by atoms with E-state index in [1.807, 2.05) is 18.2 Å². The molecule has 1 heterocycles. The Balaban J connectivity index is 2.04. The molecule has 0 aliphatic carbocycles. The van der Waals surface area contributed by atoms with Crippen molar-refractivity contribution in [2.75, 3.05) is 26.7 Å². The highest BCUT2D eigenvalue weighted by Crippen LogP contribution is 2.19. The number of rotatable bonds is 4. The summed E-state index contributed by atoms with van der Waals surface area (Å²) >= 11 is 0. The average Bonchev–Trinajstić information content (AvgIpc) is 2.74. The van der Waals surface area contributed by atoms with Crippen molar-refractivity contribution < 1.29 is 9.53 Å². The zero-order valence-electron chi connectivity index (χ0n) is 10.1. The van der Waals surface area contributed by atoms with Crippen LogP contribution in [0.4, 0.5) is 0 Å². The van der Waals surface area contributed by atoms with Crippen molar-refractivity contribution in [2.45, 2.75) is 12.5 Å². The van der Waals surface area contributed by atoms with E-state index in [0.29, 0.717) is 17.9 Å². The molecule has 4 heteroatoms. The van der Waals surface area contributed by atoms with Gasteiger partial charge in [0.15, 0.2) is 5.78 Å². The summed E-state index contributed by atoms with van der Waals surface area (Å²) in [7, 11) is 1.58. The molecule has 2 rings (SSSR count). The molecule has 0 bridgehead atoms. The number of ketones is 1. The normalized spacial score (nSPS) is 20.5. The first-order valence-corrected chi connectivity index (χ1v) is 5.85. The Morgan fingerprint density at radius 3 is 2.94 bits per heavy atom. The lowest BCUT2D eigenvalue weighted by Crippen LogP contribution is -2.31. The third-order valence-corrected chi connectivity index (χ3v) is 3.08. The number of Topliss-reactive ketones (excluding diaryl/α,β-unsaturated/α-hetero) is 1. The summed E-state index contributed by atoms with van der Waals surface area (Å²) in [5.74, 6) is 0.734. The third-order valence-electron chi connectivity index (χ3n) is 3.08. The van der Waals surface area contributed by atoms with Gasteiger partial charge in [0.05, 0.1) is 19.2 Å². The van der Waals surface area contributed by atoms with E-state index < -0.39 is 0 Å². The number of methoxy groups -OCH3 is 1. The summed E-state index contributed by atoms with van der Waals surface area (Å²) in [4.78, 5) is 14.2. The Kier molecular flexibility index (Phi) is 3.76. The second-order valence-corrected chi connectivity index (χ2v) is 4.41. The van der Waals surface area contributed by atoms with Gasteiger partial charge in [-0.25, -0.2) is 0 Å². The number of carbonyl (C=O) groups excluding carboxylic acids is 1. The first-order chi connectivity index (χ1) is 8.20. The van der Waals surface area contributed by atoms with E-state index in [0.717, 1.165) is 19.5 Å². The summed E-state index contributed by atoms with van der Waals surface area (Å²) < 4.78 is 5.19. The van der Waals surface area contributed by atoms with Gasteiger partial charge in [0.1, 0.15) is 5.75 Å². The highest BCUT2D eigenvalue weighted by atomic mass is 16.5. The molecule has 1 aliphatic rings. The second-order valence-electron chi connectivity index (χ2n) is 4.41. The monoisotopic (exact) mass is 234 g/mol. The van der Waals surface area contributed by atoms with Crippen LogP contribution < -0.4 is 10.5 Å². The minimum atomic E-state index is 0.0940. The summed E-state index contributed by atoms with van der Waals surface area (Å²) in [6.07, 6.45) is 0.971. The van der Waals surface area contributed by atoms with Crippen LogP contribution in [0.15, 0.2) is 24.3 Å². The summed E-state index contributed by atoms with van der Waals surface area (Å²) in [5.41, 5.74) is 6.47. The first kappa shape index (κ1) is 12.1. The van der Waals surface area contributed by atoms with Crippen LogP contribution in [-0.2, 0) is 0 Å². The minimum absolute atomic E-state index is 0.0940. The van der Waals surface area contributed by atoms with Crippen molar-refractivity contribution in [3.8, 4) is 5.75 Å². The van der Waals surface area contributed by atoms with Crippen LogP contribution in [0.3, 0.4) is 0 Å². The molecule has 0 saturated carbocycles. The molecule has 4 nitrogen and oxygen atoms in total. The van der Waals surface area contributed by atoms with Gasteiger partial charge >= 0.3 is 0 Å². The number of benzene rings is 1. The highest BCUT2D eigenvalue weighted by Gasteiger charge is 2.22. The van der Waals surface area contributed by atoms with E-state index >= 15 is 0 Å². The van der Waals surface area contributed by atoms with E-state index in [1.165, 1.54) is 0 Å². The number of carbonyl (C=O) groups is 1. The zero-order chi connectivity index (χ0) is 12.3. The van der Waals surface area contributed by atoms with Gasteiger partial charge in [-0.3, -0.25) is 9.69 Å². The standard InChI is InChI=1S/C13H18N2O2/c1-17-13-5-3-2-4-11(13)12(16)9-15-7-6-10(14)8-15/h2-5,10H,6-9,14H2,1H3. The van der Waals surface area contributed by atoms with Gasteiger partial charge in [-0.2, -0.15) is 0 Å². The SMILES string of the molecule is COc1ccccc1C(=O)CN1CCC(N)C1. The molecular formula is C13H18N2O2. The van der Waals surface area contributed by atoms with Crippen LogP contribution in [0.2, 0.25) is 0 Å².